The molecule has 0 amide bonds. The third-order valence-corrected chi connectivity index (χ3v) is 3.37. The molecule has 0 saturated carbocycles. The van der Waals surface area contributed by atoms with E-state index in [2.05, 4.69) is 45.0 Å². The monoisotopic (exact) mass is 253 g/mol. The van der Waals surface area contributed by atoms with Crippen LogP contribution in [0.15, 0.2) is 0 Å². The van der Waals surface area contributed by atoms with E-state index in [0.717, 1.165) is 18.8 Å². The summed E-state index contributed by atoms with van der Waals surface area (Å²) in [6, 6.07) is 0.290. The van der Waals surface area contributed by atoms with Crippen molar-refractivity contribution in [1.82, 2.24) is 15.1 Å². The molecule has 4 nitrogen and oxygen atoms in total. The summed E-state index contributed by atoms with van der Waals surface area (Å²) in [6.07, 6.45) is 0. The Labute approximate surface area is 111 Å². The molecule has 0 bridgehead atoms. The summed E-state index contributed by atoms with van der Waals surface area (Å²) < 4.78 is 7.64. The highest BCUT2D eigenvalue weighted by Crippen LogP contribution is 2.21. The average molecular weight is 253 g/mol. The second-order valence-corrected chi connectivity index (χ2v) is 5.50. The molecule has 0 aromatic carbocycles. The lowest BCUT2D eigenvalue weighted by molar-refractivity contribution is -0.0103. The van der Waals surface area contributed by atoms with Gasteiger partial charge >= 0.3 is 0 Å². The van der Waals surface area contributed by atoms with E-state index in [4.69, 9.17) is 4.74 Å². The van der Waals surface area contributed by atoms with E-state index in [0.29, 0.717) is 6.04 Å². The molecule has 1 aromatic heterocycles. The smallest absolute Gasteiger partial charge is 0.0750 e. The largest absolute Gasteiger partial charge is 0.375 e. The van der Waals surface area contributed by atoms with Crippen molar-refractivity contribution in [1.29, 1.82) is 0 Å². The first-order chi connectivity index (χ1) is 8.28. The van der Waals surface area contributed by atoms with Gasteiger partial charge in [-0.05, 0) is 41.5 Å². The van der Waals surface area contributed by atoms with Crippen molar-refractivity contribution in [2.45, 2.75) is 53.2 Å². The summed E-state index contributed by atoms with van der Waals surface area (Å²) in [7, 11) is 1.99. The lowest BCUT2D eigenvalue weighted by atomic mass is 10.0. The Bertz CT molecular complexity index is 396. The standard InChI is InChI=1S/C14H27N3O/c1-8-18-14(5,6)9-15-10(2)13-11(3)16-17(7)12(13)4/h10,15H,8-9H2,1-7H3. The minimum Gasteiger partial charge on any atom is -0.375 e. The first-order valence-corrected chi connectivity index (χ1v) is 6.66. The zero-order valence-corrected chi connectivity index (χ0v) is 12.8. The minimum atomic E-state index is -0.132. The van der Waals surface area contributed by atoms with Crippen molar-refractivity contribution < 1.29 is 4.74 Å². The zero-order valence-electron chi connectivity index (χ0n) is 12.8. The Morgan fingerprint density at radius 1 is 1.39 bits per heavy atom. The van der Waals surface area contributed by atoms with E-state index in [1.54, 1.807) is 0 Å². The fraction of sp³-hybridized carbons (Fsp3) is 0.786. The summed E-state index contributed by atoms with van der Waals surface area (Å²) in [5.74, 6) is 0. The van der Waals surface area contributed by atoms with E-state index in [-0.39, 0.29) is 5.60 Å². The van der Waals surface area contributed by atoms with Gasteiger partial charge in [-0.1, -0.05) is 0 Å². The van der Waals surface area contributed by atoms with Crippen LogP contribution in [0.2, 0.25) is 0 Å². The lowest BCUT2D eigenvalue weighted by Crippen LogP contribution is -2.39. The molecule has 104 valence electrons. The van der Waals surface area contributed by atoms with Gasteiger partial charge in [0.25, 0.3) is 0 Å². The van der Waals surface area contributed by atoms with Gasteiger partial charge in [-0.2, -0.15) is 5.10 Å². The number of nitrogens with zero attached hydrogens (tertiary/aromatic N) is 2. The van der Waals surface area contributed by atoms with Crippen LogP contribution in [0, 0.1) is 13.8 Å². The predicted octanol–water partition coefficient (Wildman–Crippen LogP) is 2.50. The summed E-state index contributed by atoms with van der Waals surface area (Å²) in [6.45, 7) is 14.2. The molecule has 0 aliphatic carbocycles. The number of ether oxygens (including phenoxy) is 1. The Kier molecular flexibility index (Phi) is 4.93. The van der Waals surface area contributed by atoms with Crippen molar-refractivity contribution in [2.24, 2.45) is 7.05 Å². The Hall–Kier alpha value is -0.870. The van der Waals surface area contributed by atoms with Gasteiger partial charge in [-0.3, -0.25) is 4.68 Å². The van der Waals surface area contributed by atoms with E-state index >= 15 is 0 Å². The molecule has 0 spiro atoms. The van der Waals surface area contributed by atoms with E-state index in [1.807, 2.05) is 18.7 Å². The highest BCUT2D eigenvalue weighted by molar-refractivity contribution is 5.27. The fourth-order valence-corrected chi connectivity index (χ4v) is 2.36. The van der Waals surface area contributed by atoms with Crippen molar-refractivity contribution in [3.63, 3.8) is 0 Å². The van der Waals surface area contributed by atoms with Crippen LogP contribution in [0.1, 0.15) is 50.7 Å². The first kappa shape index (κ1) is 15.2. The molecular weight excluding hydrogens is 226 g/mol. The van der Waals surface area contributed by atoms with Crippen LogP contribution in [0.3, 0.4) is 0 Å². The number of nitrogens with one attached hydrogen (secondary N) is 1. The van der Waals surface area contributed by atoms with Gasteiger partial charge < -0.3 is 10.1 Å². The minimum absolute atomic E-state index is 0.132. The van der Waals surface area contributed by atoms with E-state index < -0.39 is 0 Å². The fourth-order valence-electron chi connectivity index (χ4n) is 2.36. The third-order valence-electron chi connectivity index (χ3n) is 3.37. The Morgan fingerprint density at radius 3 is 2.44 bits per heavy atom. The van der Waals surface area contributed by atoms with Gasteiger partial charge in [0.15, 0.2) is 0 Å². The van der Waals surface area contributed by atoms with Gasteiger partial charge in [-0.15, -0.1) is 0 Å². The summed E-state index contributed by atoms with van der Waals surface area (Å²) in [4.78, 5) is 0. The van der Waals surface area contributed by atoms with Crippen LogP contribution in [0.4, 0.5) is 0 Å². The predicted molar refractivity (Wildman–Crippen MR) is 74.8 cm³/mol. The Morgan fingerprint density at radius 2 is 2.00 bits per heavy atom. The topological polar surface area (TPSA) is 39.1 Å². The number of aromatic nitrogens is 2. The van der Waals surface area contributed by atoms with Crippen LogP contribution >= 0.6 is 0 Å². The molecule has 18 heavy (non-hydrogen) atoms. The van der Waals surface area contributed by atoms with Crippen LogP contribution in [0.5, 0.6) is 0 Å². The van der Waals surface area contributed by atoms with Gasteiger partial charge in [0.05, 0.1) is 11.3 Å². The number of rotatable bonds is 6. The number of hydrogen-bond donors (Lipinski definition) is 1. The normalized spacial score (nSPS) is 13.9. The maximum Gasteiger partial charge on any atom is 0.0750 e. The third kappa shape index (κ3) is 3.56. The van der Waals surface area contributed by atoms with Gasteiger partial charge in [0.2, 0.25) is 0 Å². The highest BCUT2D eigenvalue weighted by Gasteiger charge is 2.21. The molecule has 0 fully saturated rings. The molecule has 0 aliphatic heterocycles. The second kappa shape index (κ2) is 5.85. The molecule has 1 N–H and O–H groups in total. The molecule has 0 saturated heterocycles. The van der Waals surface area contributed by atoms with Crippen LogP contribution in [-0.4, -0.2) is 28.5 Å². The zero-order chi connectivity index (χ0) is 13.9. The van der Waals surface area contributed by atoms with Crippen molar-refractivity contribution in [3.8, 4) is 0 Å². The van der Waals surface area contributed by atoms with Crippen LogP contribution in [0.25, 0.3) is 0 Å². The Balaban J connectivity index is 2.68. The SMILES string of the molecule is CCOC(C)(C)CNC(C)c1c(C)nn(C)c1C. The maximum absolute atomic E-state index is 5.70. The highest BCUT2D eigenvalue weighted by atomic mass is 16.5. The maximum atomic E-state index is 5.70. The lowest BCUT2D eigenvalue weighted by Gasteiger charge is -2.27. The molecule has 1 rings (SSSR count). The second-order valence-electron chi connectivity index (χ2n) is 5.50. The average Bonchev–Trinajstić information content (AvgIpc) is 2.50. The molecule has 1 unspecified atom stereocenters. The van der Waals surface area contributed by atoms with Gasteiger partial charge in [-0.25, -0.2) is 0 Å². The first-order valence-electron chi connectivity index (χ1n) is 6.66. The molecule has 0 aliphatic rings. The number of hydrogen-bond acceptors (Lipinski definition) is 3. The number of aryl methyl sites for hydroxylation is 2. The van der Waals surface area contributed by atoms with Gasteiger partial charge in [0.1, 0.15) is 0 Å². The van der Waals surface area contributed by atoms with Crippen molar-refractivity contribution >= 4 is 0 Å². The van der Waals surface area contributed by atoms with E-state index in [9.17, 15) is 0 Å². The molecular formula is C14H27N3O. The molecule has 4 heteroatoms. The van der Waals surface area contributed by atoms with E-state index in [1.165, 1.54) is 11.3 Å². The molecule has 1 heterocycles. The summed E-state index contributed by atoms with van der Waals surface area (Å²) in [5.41, 5.74) is 3.49. The van der Waals surface area contributed by atoms with Crippen LogP contribution < -0.4 is 5.32 Å². The molecule has 1 aromatic rings. The summed E-state index contributed by atoms with van der Waals surface area (Å²) >= 11 is 0. The van der Waals surface area contributed by atoms with Gasteiger partial charge in [0, 0.05) is 37.5 Å². The molecule has 0 radical (unpaired) electrons. The van der Waals surface area contributed by atoms with Crippen molar-refractivity contribution in [2.75, 3.05) is 13.2 Å². The quantitative estimate of drug-likeness (QED) is 0.846. The van der Waals surface area contributed by atoms with Crippen molar-refractivity contribution in [3.05, 3.63) is 17.0 Å². The van der Waals surface area contributed by atoms with Crippen LogP contribution in [-0.2, 0) is 11.8 Å². The molecule has 1 atom stereocenters. The summed E-state index contributed by atoms with van der Waals surface area (Å²) in [5, 5.41) is 8.00.